The van der Waals surface area contributed by atoms with Gasteiger partial charge in [-0.15, -0.1) is 0 Å². The minimum atomic E-state index is -3.17. The lowest BCUT2D eigenvalue weighted by Gasteiger charge is -2.41. The van der Waals surface area contributed by atoms with Gasteiger partial charge in [-0.1, -0.05) is 6.92 Å². The molecule has 1 aliphatic rings. The monoisotopic (exact) mass is 315 g/mol. The summed E-state index contributed by atoms with van der Waals surface area (Å²) in [5.41, 5.74) is 0.190. The van der Waals surface area contributed by atoms with E-state index >= 15 is 0 Å². The van der Waals surface area contributed by atoms with Gasteiger partial charge in [-0.25, -0.2) is 12.8 Å². The molecule has 2 atom stereocenters. The molecule has 0 radical (unpaired) electrons. The maximum Gasteiger partial charge on any atom is 0.165 e. The molecule has 21 heavy (non-hydrogen) atoms. The zero-order chi connectivity index (χ0) is 15.8. The van der Waals surface area contributed by atoms with Crippen molar-refractivity contribution in [3.8, 4) is 5.75 Å². The molecule has 1 aliphatic heterocycles. The van der Waals surface area contributed by atoms with Crippen LogP contribution in [0.2, 0.25) is 0 Å². The minimum absolute atomic E-state index is 0.0837. The van der Waals surface area contributed by atoms with Crippen molar-refractivity contribution in [2.45, 2.75) is 51.1 Å². The summed E-state index contributed by atoms with van der Waals surface area (Å²) in [4.78, 5) is 0. The molecule has 0 fully saturated rings. The van der Waals surface area contributed by atoms with Gasteiger partial charge >= 0.3 is 0 Å². The van der Waals surface area contributed by atoms with E-state index in [1.807, 2.05) is 13.8 Å². The standard InChI is InChI=1S/C15H22FNO3S/c1-5-21(18,19)10(2)17-14-9-11-8-12(16)6-7-13(11)20-15(14,3)4/h6-8,10,14,17H,5,9H2,1-4H3. The lowest BCUT2D eigenvalue weighted by atomic mass is 9.88. The molecule has 0 saturated carbocycles. The van der Waals surface area contributed by atoms with Gasteiger partial charge in [0.25, 0.3) is 0 Å². The van der Waals surface area contributed by atoms with E-state index < -0.39 is 20.8 Å². The van der Waals surface area contributed by atoms with Gasteiger partial charge in [-0.3, -0.25) is 5.32 Å². The first-order valence-corrected chi connectivity index (χ1v) is 8.82. The van der Waals surface area contributed by atoms with E-state index in [1.54, 1.807) is 19.9 Å². The molecule has 0 amide bonds. The van der Waals surface area contributed by atoms with Gasteiger partial charge in [0.05, 0.1) is 6.04 Å². The quantitative estimate of drug-likeness (QED) is 0.926. The molecule has 0 aromatic heterocycles. The second-order valence-electron chi connectivity index (χ2n) is 5.97. The zero-order valence-corrected chi connectivity index (χ0v) is 13.6. The van der Waals surface area contributed by atoms with Crippen molar-refractivity contribution in [3.05, 3.63) is 29.6 Å². The number of sulfone groups is 1. The van der Waals surface area contributed by atoms with Crippen molar-refractivity contribution >= 4 is 9.84 Å². The van der Waals surface area contributed by atoms with Crippen LogP contribution in [0.1, 0.15) is 33.3 Å². The third-order valence-electron chi connectivity index (χ3n) is 4.04. The Balaban J connectivity index is 2.24. The maximum atomic E-state index is 13.3. The van der Waals surface area contributed by atoms with Crippen LogP contribution in [0.5, 0.6) is 5.75 Å². The first kappa shape index (κ1) is 16.2. The summed E-state index contributed by atoms with van der Waals surface area (Å²) in [6.07, 6.45) is 0.531. The molecule has 1 heterocycles. The molecular formula is C15H22FNO3S. The van der Waals surface area contributed by atoms with Crippen LogP contribution in [-0.4, -0.2) is 31.2 Å². The Hall–Kier alpha value is -1.14. The molecule has 4 nitrogen and oxygen atoms in total. The molecule has 0 spiro atoms. The fourth-order valence-corrected chi connectivity index (χ4v) is 3.40. The van der Waals surface area contributed by atoms with E-state index in [0.29, 0.717) is 12.2 Å². The Morgan fingerprint density at radius 3 is 2.76 bits per heavy atom. The van der Waals surface area contributed by atoms with Crippen molar-refractivity contribution in [3.63, 3.8) is 0 Å². The van der Waals surface area contributed by atoms with E-state index in [1.165, 1.54) is 12.1 Å². The molecule has 0 bridgehead atoms. The van der Waals surface area contributed by atoms with Crippen LogP contribution >= 0.6 is 0 Å². The summed E-state index contributed by atoms with van der Waals surface area (Å²) in [6.45, 7) is 7.07. The highest BCUT2D eigenvalue weighted by molar-refractivity contribution is 7.91. The lowest BCUT2D eigenvalue weighted by Crippen LogP contribution is -2.57. The number of halogens is 1. The van der Waals surface area contributed by atoms with Crippen molar-refractivity contribution in [1.29, 1.82) is 0 Å². The lowest BCUT2D eigenvalue weighted by molar-refractivity contribution is 0.0473. The Bertz CT molecular complexity index is 628. The van der Waals surface area contributed by atoms with Crippen molar-refractivity contribution in [2.24, 2.45) is 0 Å². The highest BCUT2D eigenvalue weighted by Crippen LogP contribution is 2.34. The second kappa shape index (κ2) is 5.57. The number of fused-ring (bicyclic) bond motifs is 1. The molecule has 0 saturated heterocycles. The van der Waals surface area contributed by atoms with Gasteiger partial charge in [-0.2, -0.15) is 0 Å². The minimum Gasteiger partial charge on any atom is -0.486 e. The predicted molar refractivity (Wildman–Crippen MR) is 80.7 cm³/mol. The van der Waals surface area contributed by atoms with Crippen molar-refractivity contribution < 1.29 is 17.5 Å². The first-order chi connectivity index (χ1) is 9.65. The molecule has 118 valence electrons. The highest BCUT2D eigenvalue weighted by Gasteiger charge is 2.39. The van der Waals surface area contributed by atoms with Crippen LogP contribution in [0, 0.1) is 5.82 Å². The van der Waals surface area contributed by atoms with Crippen LogP contribution in [0.25, 0.3) is 0 Å². The van der Waals surface area contributed by atoms with Crippen molar-refractivity contribution in [2.75, 3.05) is 5.75 Å². The molecule has 0 aliphatic carbocycles. The maximum absolute atomic E-state index is 13.3. The fourth-order valence-electron chi connectivity index (χ4n) is 2.52. The van der Waals surface area contributed by atoms with E-state index in [4.69, 9.17) is 4.74 Å². The Labute approximate surface area is 125 Å². The average molecular weight is 315 g/mol. The van der Waals surface area contributed by atoms with Gasteiger partial charge < -0.3 is 4.74 Å². The Morgan fingerprint density at radius 2 is 2.14 bits per heavy atom. The Morgan fingerprint density at radius 1 is 1.48 bits per heavy atom. The summed E-state index contributed by atoms with van der Waals surface area (Å²) in [5.74, 6) is 0.427. The van der Waals surface area contributed by atoms with Crippen LogP contribution in [0.4, 0.5) is 4.39 Å². The average Bonchev–Trinajstić information content (AvgIpc) is 2.39. The fraction of sp³-hybridized carbons (Fsp3) is 0.600. The first-order valence-electron chi connectivity index (χ1n) is 7.11. The van der Waals surface area contributed by atoms with E-state index in [0.717, 1.165) is 5.56 Å². The van der Waals surface area contributed by atoms with Crippen LogP contribution < -0.4 is 10.1 Å². The summed E-state index contributed by atoms with van der Waals surface area (Å²) >= 11 is 0. The number of hydrogen-bond acceptors (Lipinski definition) is 4. The second-order valence-corrected chi connectivity index (χ2v) is 8.58. The molecular weight excluding hydrogens is 293 g/mol. The van der Waals surface area contributed by atoms with Crippen LogP contribution in [0.15, 0.2) is 18.2 Å². The number of hydrogen-bond donors (Lipinski definition) is 1. The number of benzene rings is 1. The van der Waals surface area contributed by atoms with Gasteiger partial charge in [0.15, 0.2) is 9.84 Å². The number of rotatable bonds is 4. The van der Waals surface area contributed by atoms with E-state index in [2.05, 4.69) is 5.32 Å². The summed E-state index contributed by atoms with van der Waals surface area (Å²) < 4.78 is 43.1. The van der Waals surface area contributed by atoms with Gasteiger partial charge in [0.1, 0.15) is 22.5 Å². The van der Waals surface area contributed by atoms with Crippen LogP contribution in [-0.2, 0) is 16.3 Å². The normalized spacial score (nSPS) is 22.2. The third kappa shape index (κ3) is 3.37. The smallest absolute Gasteiger partial charge is 0.165 e. The molecule has 2 rings (SSSR count). The van der Waals surface area contributed by atoms with Gasteiger partial charge in [0.2, 0.25) is 0 Å². The summed E-state index contributed by atoms with van der Waals surface area (Å²) in [6, 6.07) is 4.23. The summed E-state index contributed by atoms with van der Waals surface area (Å²) in [5, 5.41) is 2.46. The molecule has 1 N–H and O–H groups in total. The van der Waals surface area contributed by atoms with Gasteiger partial charge in [0, 0.05) is 5.75 Å². The Kier molecular flexibility index (Phi) is 4.31. The number of ether oxygens (including phenoxy) is 1. The summed E-state index contributed by atoms with van der Waals surface area (Å²) in [7, 11) is -3.17. The zero-order valence-electron chi connectivity index (χ0n) is 12.8. The molecule has 1 aromatic rings. The third-order valence-corrected chi connectivity index (χ3v) is 6.05. The molecule has 6 heteroatoms. The van der Waals surface area contributed by atoms with E-state index in [-0.39, 0.29) is 17.6 Å². The number of nitrogens with one attached hydrogen (secondary N) is 1. The van der Waals surface area contributed by atoms with Crippen LogP contribution in [0.3, 0.4) is 0 Å². The van der Waals surface area contributed by atoms with E-state index in [9.17, 15) is 12.8 Å². The van der Waals surface area contributed by atoms with Gasteiger partial charge in [-0.05, 0) is 51.0 Å². The largest absolute Gasteiger partial charge is 0.486 e. The SMILES string of the molecule is CCS(=O)(=O)C(C)NC1Cc2cc(F)ccc2OC1(C)C. The highest BCUT2D eigenvalue weighted by atomic mass is 32.2. The topological polar surface area (TPSA) is 55.4 Å². The van der Waals surface area contributed by atoms with Crippen molar-refractivity contribution in [1.82, 2.24) is 5.32 Å². The molecule has 1 aromatic carbocycles. The predicted octanol–water partition coefficient (Wildman–Crippen LogP) is 2.28. The molecule has 2 unspecified atom stereocenters.